The summed E-state index contributed by atoms with van der Waals surface area (Å²) in [6, 6.07) is 17.4. The van der Waals surface area contributed by atoms with Gasteiger partial charge >= 0.3 is 0 Å². The molecule has 3 aromatic rings. The maximum atomic E-state index is 11.6. The van der Waals surface area contributed by atoms with Crippen molar-refractivity contribution >= 4 is 6.29 Å². The minimum absolute atomic E-state index is 0.0302. The Balaban J connectivity index is 1.92. The summed E-state index contributed by atoms with van der Waals surface area (Å²) in [5.74, 6) is 0.515. The van der Waals surface area contributed by atoms with E-state index in [1.807, 2.05) is 18.2 Å². The summed E-state index contributed by atoms with van der Waals surface area (Å²) in [5.41, 5.74) is 2.38. The van der Waals surface area contributed by atoms with Crippen molar-refractivity contribution in [3.63, 3.8) is 0 Å². The molecular weight excluding hydrogens is 304 g/mol. The van der Waals surface area contributed by atoms with Crippen molar-refractivity contribution in [2.45, 2.75) is 5.92 Å². The van der Waals surface area contributed by atoms with Crippen LogP contribution in [0.3, 0.4) is 0 Å². The first-order chi connectivity index (χ1) is 11.7. The van der Waals surface area contributed by atoms with Crippen LogP contribution in [0.5, 0.6) is 23.0 Å². The van der Waals surface area contributed by atoms with Gasteiger partial charge in [-0.2, -0.15) is 0 Å². The Kier molecular flexibility index (Phi) is 3.24. The molecule has 1 atom stereocenters. The second-order valence-electron chi connectivity index (χ2n) is 5.68. The van der Waals surface area contributed by atoms with Gasteiger partial charge in [-0.05, 0) is 29.8 Å². The van der Waals surface area contributed by atoms with Gasteiger partial charge < -0.3 is 19.7 Å². The number of carbonyl (C=O) groups excluding carboxylic acids is 1. The Morgan fingerprint density at radius 1 is 0.875 bits per heavy atom. The molecule has 0 saturated heterocycles. The number of benzene rings is 3. The van der Waals surface area contributed by atoms with Crippen molar-refractivity contribution in [2.75, 3.05) is 0 Å². The first-order valence-electron chi connectivity index (χ1n) is 7.56. The maximum absolute atomic E-state index is 11.6. The molecule has 3 aromatic carbocycles. The normalized spacial score (nSPS) is 15.1. The summed E-state index contributed by atoms with van der Waals surface area (Å²) in [4.78, 5) is 11.6. The molecule has 4 rings (SSSR count). The molecule has 24 heavy (non-hydrogen) atoms. The molecule has 0 bridgehead atoms. The lowest BCUT2D eigenvalue weighted by Gasteiger charge is -2.26. The summed E-state index contributed by atoms with van der Waals surface area (Å²) in [6.07, 6.45) is 0.805. The largest absolute Gasteiger partial charge is 0.507 e. The SMILES string of the molecule is O=CC1c2ccccc2Oc2cc(-c3ccccc3O)cc(O)c21. The minimum atomic E-state index is -0.580. The summed E-state index contributed by atoms with van der Waals surface area (Å²) < 4.78 is 5.89. The molecule has 0 spiro atoms. The van der Waals surface area contributed by atoms with Crippen LogP contribution in [-0.2, 0) is 4.79 Å². The molecule has 1 aliphatic heterocycles. The Labute approximate surface area is 138 Å². The fourth-order valence-electron chi connectivity index (χ4n) is 3.13. The highest BCUT2D eigenvalue weighted by Crippen LogP contribution is 2.49. The first-order valence-corrected chi connectivity index (χ1v) is 7.56. The van der Waals surface area contributed by atoms with Crippen LogP contribution >= 0.6 is 0 Å². The quantitative estimate of drug-likeness (QED) is 0.695. The van der Waals surface area contributed by atoms with Gasteiger partial charge in [0, 0.05) is 11.1 Å². The van der Waals surface area contributed by atoms with Crippen LogP contribution < -0.4 is 4.74 Å². The number of phenolic OH excluding ortho intramolecular Hbond substituents is 2. The third-order valence-corrected chi connectivity index (χ3v) is 4.26. The van der Waals surface area contributed by atoms with Gasteiger partial charge in [-0.3, -0.25) is 0 Å². The van der Waals surface area contributed by atoms with Crippen molar-refractivity contribution < 1.29 is 19.7 Å². The minimum Gasteiger partial charge on any atom is -0.507 e. The average molecular weight is 318 g/mol. The van der Waals surface area contributed by atoms with Crippen LogP contribution in [0.2, 0.25) is 0 Å². The first kappa shape index (κ1) is 14.3. The number of para-hydroxylation sites is 2. The molecule has 0 aliphatic carbocycles. The monoisotopic (exact) mass is 318 g/mol. The molecule has 0 fully saturated rings. The summed E-state index contributed by atoms with van der Waals surface area (Å²) in [6.45, 7) is 0. The lowest BCUT2D eigenvalue weighted by molar-refractivity contribution is -0.108. The molecule has 1 aliphatic rings. The molecule has 0 saturated carbocycles. The van der Waals surface area contributed by atoms with Crippen molar-refractivity contribution in [1.29, 1.82) is 0 Å². The van der Waals surface area contributed by atoms with Gasteiger partial charge in [0.15, 0.2) is 0 Å². The number of carbonyl (C=O) groups is 1. The Hall–Kier alpha value is -3.27. The van der Waals surface area contributed by atoms with Crippen molar-refractivity contribution in [3.8, 4) is 34.1 Å². The lowest BCUT2D eigenvalue weighted by Crippen LogP contribution is -2.11. The van der Waals surface area contributed by atoms with E-state index in [-0.39, 0.29) is 11.5 Å². The lowest BCUT2D eigenvalue weighted by atomic mass is 9.87. The summed E-state index contributed by atoms with van der Waals surface area (Å²) in [7, 11) is 0. The molecule has 0 amide bonds. The number of aromatic hydroxyl groups is 2. The highest BCUT2D eigenvalue weighted by atomic mass is 16.5. The fraction of sp³-hybridized carbons (Fsp3) is 0.0500. The van der Waals surface area contributed by atoms with Crippen LogP contribution in [0.15, 0.2) is 60.7 Å². The number of hydrogen-bond acceptors (Lipinski definition) is 4. The van der Waals surface area contributed by atoms with Crippen LogP contribution in [0.4, 0.5) is 0 Å². The highest BCUT2D eigenvalue weighted by Gasteiger charge is 2.30. The Morgan fingerprint density at radius 3 is 2.42 bits per heavy atom. The van der Waals surface area contributed by atoms with Gasteiger partial charge in [-0.15, -0.1) is 0 Å². The number of aldehydes is 1. The zero-order chi connectivity index (χ0) is 16.7. The van der Waals surface area contributed by atoms with E-state index in [2.05, 4.69) is 0 Å². The molecule has 4 nitrogen and oxygen atoms in total. The van der Waals surface area contributed by atoms with E-state index in [1.54, 1.807) is 42.5 Å². The zero-order valence-electron chi connectivity index (χ0n) is 12.6. The van der Waals surface area contributed by atoms with E-state index in [9.17, 15) is 15.0 Å². The molecule has 0 aromatic heterocycles. The summed E-state index contributed by atoms with van der Waals surface area (Å²) in [5, 5.41) is 20.5. The van der Waals surface area contributed by atoms with Gasteiger partial charge in [0.05, 0.1) is 11.5 Å². The van der Waals surface area contributed by atoms with Gasteiger partial charge in [-0.1, -0.05) is 36.4 Å². The third kappa shape index (κ3) is 2.12. The van der Waals surface area contributed by atoms with E-state index in [4.69, 9.17) is 4.74 Å². The standard InChI is InChI=1S/C20H14O4/c21-11-15-14-6-2-4-8-18(14)24-19-10-12(9-17(23)20(15)19)13-5-1-3-7-16(13)22/h1-11,15,22-23H. The average Bonchev–Trinajstić information content (AvgIpc) is 2.60. The van der Waals surface area contributed by atoms with Crippen LogP contribution in [0, 0.1) is 0 Å². The van der Waals surface area contributed by atoms with E-state index in [0.29, 0.717) is 28.2 Å². The highest BCUT2D eigenvalue weighted by molar-refractivity contribution is 5.80. The van der Waals surface area contributed by atoms with Crippen molar-refractivity contribution in [2.24, 2.45) is 0 Å². The molecule has 4 heteroatoms. The van der Waals surface area contributed by atoms with Crippen molar-refractivity contribution in [3.05, 3.63) is 71.8 Å². The van der Waals surface area contributed by atoms with Gasteiger partial charge in [0.1, 0.15) is 29.3 Å². The second-order valence-corrected chi connectivity index (χ2v) is 5.68. The van der Waals surface area contributed by atoms with E-state index < -0.39 is 5.92 Å². The van der Waals surface area contributed by atoms with Crippen LogP contribution in [0.25, 0.3) is 11.1 Å². The van der Waals surface area contributed by atoms with Crippen molar-refractivity contribution in [1.82, 2.24) is 0 Å². The smallest absolute Gasteiger partial charge is 0.136 e. The number of ether oxygens (including phenoxy) is 1. The second kappa shape index (κ2) is 5.42. The van der Waals surface area contributed by atoms with Crippen LogP contribution in [-0.4, -0.2) is 16.5 Å². The molecule has 118 valence electrons. The van der Waals surface area contributed by atoms with E-state index in [1.165, 1.54) is 0 Å². The number of fused-ring (bicyclic) bond motifs is 2. The van der Waals surface area contributed by atoms with Crippen LogP contribution in [0.1, 0.15) is 17.0 Å². The number of phenols is 2. The Morgan fingerprint density at radius 2 is 1.62 bits per heavy atom. The topological polar surface area (TPSA) is 66.8 Å². The van der Waals surface area contributed by atoms with Gasteiger partial charge in [-0.25, -0.2) is 0 Å². The number of hydrogen-bond donors (Lipinski definition) is 2. The van der Waals surface area contributed by atoms with Gasteiger partial charge in [0.25, 0.3) is 0 Å². The summed E-state index contributed by atoms with van der Waals surface area (Å²) >= 11 is 0. The molecule has 1 heterocycles. The maximum Gasteiger partial charge on any atom is 0.136 e. The fourth-order valence-corrected chi connectivity index (χ4v) is 3.13. The van der Waals surface area contributed by atoms with E-state index >= 15 is 0 Å². The predicted octanol–water partition coefficient (Wildman–Crippen LogP) is 4.20. The third-order valence-electron chi connectivity index (χ3n) is 4.26. The Bertz CT molecular complexity index is 946. The number of rotatable bonds is 2. The van der Waals surface area contributed by atoms with E-state index in [0.717, 1.165) is 11.8 Å². The molecule has 2 N–H and O–H groups in total. The zero-order valence-corrected chi connectivity index (χ0v) is 12.6. The molecular formula is C20H14O4. The molecule has 0 radical (unpaired) electrons. The van der Waals surface area contributed by atoms with Gasteiger partial charge in [0.2, 0.25) is 0 Å². The molecule has 1 unspecified atom stereocenters. The predicted molar refractivity (Wildman–Crippen MR) is 89.6 cm³/mol.